The van der Waals surface area contributed by atoms with Gasteiger partial charge in [-0.1, -0.05) is 6.92 Å². The van der Waals surface area contributed by atoms with Gasteiger partial charge in [-0.25, -0.2) is 9.97 Å². The number of nitrogens with zero attached hydrogens (tertiary/aromatic N) is 6. The summed E-state index contributed by atoms with van der Waals surface area (Å²) in [5, 5.41) is 0. The summed E-state index contributed by atoms with van der Waals surface area (Å²) < 4.78 is 2.21. The van der Waals surface area contributed by atoms with Gasteiger partial charge in [0.15, 0.2) is 5.82 Å². The normalized spacial score (nSPS) is 21.1. The van der Waals surface area contributed by atoms with Crippen LogP contribution in [0.25, 0.3) is 11.0 Å². The van der Waals surface area contributed by atoms with Crippen LogP contribution in [0.1, 0.15) is 12.6 Å². The molecule has 0 radical (unpaired) electrons. The average molecular weight is 314 g/mol. The van der Waals surface area contributed by atoms with E-state index in [2.05, 4.69) is 56.2 Å². The molecule has 4 heterocycles. The third-order valence-corrected chi connectivity index (χ3v) is 5.57. The lowest BCUT2D eigenvalue weighted by Crippen LogP contribution is -2.63. The molecule has 2 aromatic heterocycles. The van der Waals surface area contributed by atoms with Gasteiger partial charge in [-0.15, -0.1) is 0 Å². The highest BCUT2D eigenvalue weighted by molar-refractivity contribution is 5.88. The first-order valence-electron chi connectivity index (χ1n) is 8.65. The van der Waals surface area contributed by atoms with E-state index in [0.717, 1.165) is 24.4 Å². The van der Waals surface area contributed by atoms with Crippen molar-refractivity contribution in [3.8, 4) is 0 Å². The summed E-state index contributed by atoms with van der Waals surface area (Å²) in [6.07, 6.45) is 1.70. The highest BCUT2D eigenvalue weighted by atomic mass is 15.4. The van der Waals surface area contributed by atoms with Crippen molar-refractivity contribution in [3.63, 3.8) is 0 Å². The van der Waals surface area contributed by atoms with Gasteiger partial charge in [0, 0.05) is 58.1 Å². The molecule has 0 bridgehead atoms. The topological polar surface area (TPSA) is 40.4 Å². The molecule has 2 aliphatic heterocycles. The number of fused-ring (bicyclic) bond motifs is 1. The first-order chi connectivity index (χ1) is 11.2. The van der Waals surface area contributed by atoms with E-state index in [1.165, 1.54) is 43.9 Å². The molecule has 0 aromatic carbocycles. The molecule has 0 spiro atoms. The van der Waals surface area contributed by atoms with Crippen LogP contribution in [0.4, 0.5) is 5.82 Å². The van der Waals surface area contributed by atoms with Crippen LogP contribution in [0.5, 0.6) is 0 Å². The molecule has 2 fully saturated rings. The Labute approximate surface area is 137 Å². The number of piperazine rings is 1. The number of aryl methyl sites for hydroxylation is 2. The molecule has 0 N–H and O–H groups in total. The summed E-state index contributed by atoms with van der Waals surface area (Å²) >= 11 is 0. The second-order valence-corrected chi connectivity index (χ2v) is 6.80. The zero-order valence-corrected chi connectivity index (χ0v) is 14.4. The van der Waals surface area contributed by atoms with Crippen molar-refractivity contribution in [1.29, 1.82) is 0 Å². The maximum absolute atomic E-state index is 4.58. The summed E-state index contributed by atoms with van der Waals surface area (Å²) in [7, 11) is 2.10. The molecular weight excluding hydrogens is 288 g/mol. The Morgan fingerprint density at radius 2 is 1.87 bits per heavy atom. The highest BCUT2D eigenvalue weighted by Crippen LogP contribution is 2.29. The molecule has 2 saturated heterocycles. The smallest absolute Gasteiger partial charge is 0.156 e. The summed E-state index contributed by atoms with van der Waals surface area (Å²) in [6.45, 7) is 12.6. The first-order valence-corrected chi connectivity index (χ1v) is 8.65. The Kier molecular flexibility index (Phi) is 3.73. The third kappa shape index (κ3) is 2.50. The lowest BCUT2D eigenvalue weighted by Gasteiger charge is -2.48. The van der Waals surface area contributed by atoms with E-state index in [-0.39, 0.29) is 0 Å². The van der Waals surface area contributed by atoms with Gasteiger partial charge in [-0.2, -0.15) is 0 Å². The number of likely N-dealkylation sites (N-methyl/N-ethyl adjacent to an activating group) is 1. The minimum Gasteiger partial charge on any atom is -0.351 e. The molecule has 0 aliphatic carbocycles. The van der Waals surface area contributed by atoms with Crippen LogP contribution < -0.4 is 4.90 Å². The Bertz CT molecular complexity index is 694. The van der Waals surface area contributed by atoms with Crippen molar-refractivity contribution in [1.82, 2.24) is 24.3 Å². The number of hydrogen-bond acceptors (Lipinski definition) is 5. The van der Waals surface area contributed by atoms with E-state index in [1.807, 2.05) is 0 Å². The molecule has 4 rings (SSSR count). The minimum atomic E-state index is 0.681. The summed E-state index contributed by atoms with van der Waals surface area (Å²) in [5.74, 6) is 1.09. The summed E-state index contributed by atoms with van der Waals surface area (Å²) in [6, 6.07) is 2.82. The fourth-order valence-electron chi connectivity index (χ4n) is 3.82. The van der Waals surface area contributed by atoms with Crippen LogP contribution in [0, 0.1) is 6.92 Å². The maximum Gasteiger partial charge on any atom is 0.156 e. The predicted octanol–water partition coefficient (Wildman–Crippen LogP) is 1.10. The van der Waals surface area contributed by atoms with E-state index in [9.17, 15) is 0 Å². The average Bonchev–Trinajstić information content (AvgIpc) is 2.82. The zero-order chi connectivity index (χ0) is 16.0. The van der Waals surface area contributed by atoms with Crippen molar-refractivity contribution in [2.75, 3.05) is 50.7 Å². The molecule has 0 saturated carbocycles. The van der Waals surface area contributed by atoms with Gasteiger partial charge in [-0.3, -0.25) is 4.90 Å². The van der Waals surface area contributed by atoms with Crippen molar-refractivity contribution in [2.24, 2.45) is 7.05 Å². The van der Waals surface area contributed by atoms with Crippen molar-refractivity contribution in [3.05, 3.63) is 18.1 Å². The van der Waals surface area contributed by atoms with Gasteiger partial charge >= 0.3 is 0 Å². The Balaban J connectivity index is 1.46. The van der Waals surface area contributed by atoms with E-state index < -0.39 is 0 Å². The quantitative estimate of drug-likeness (QED) is 0.849. The second kappa shape index (κ2) is 5.76. The molecule has 0 amide bonds. The van der Waals surface area contributed by atoms with E-state index >= 15 is 0 Å². The standard InChI is InChI=1S/C17H26N6/c1-4-21-5-7-22(8-6-21)14-10-23(11-14)17-16-15(18-12-19-17)9-13(2)20(16)3/h9,12,14H,4-8,10-11H2,1-3H3. The molecule has 2 aliphatic rings. The summed E-state index contributed by atoms with van der Waals surface area (Å²) in [5.41, 5.74) is 3.45. The highest BCUT2D eigenvalue weighted by Gasteiger charge is 2.35. The van der Waals surface area contributed by atoms with Crippen LogP contribution in [-0.4, -0.2) is 76.2 Å². The minimum absolute atomic E-state index is 0.681. The number of rotatable bonds is 3. The van der Waals surface area contributed by atoms with Gasteiger partial charge in [0.1, 0.15) is 11.8 Å². The molecule has 0 unspecified atom stereocenters. The van der Waals surface area contributed by atoms with Crippen LogP contribution >= 0.6 is 0 Å². The van der Waals surface area contributed by atoms with Crippen molar-refractivity contribution < 1.29 is 0 Å². The molecule has 6 nitrogen and oxygen atoms in total. The monoisotopic (exact) mass is 314 g/mol. The predicted molar refractivity (Wildman–Crippen MR) is 92.9 cm³/mol. The molecule has 2 aromatic rings. The zero-order valence-electron chi connectivity index (χ0n) is 14.4. The van der Waals surface area contributed by atoms with Gasteiger partial charge in [0.05, 0.1) is 5.52 Å². The van der Waals surface area contributed by atoms with E-state index in [4.69, 9.17) is 0 Å². The fourth-order valence-corrected chi connectivity index (χ4v) is 3.82. The SMILES string of the molecule is CCN1CCN(C2CN(c3ncnc4cc(C)n(C)c34)C2)CC1. The van der Waals surface area contributed by atoms with Gasteiger partial charge in [-0.05, 0) is 19.5 Å². The summed E-state index contributed by atoms with van der Waals surface area (Å²) in [4.78, 5) is 16.6. The second-order valence-electron chi connectivity index (χ2n) is 6.80. The third-order valence-electron chi connectivity index (χ3n) is 5.57. The number of hydrogen-bond donors (Lipinski definition) is 0. The Morgan fingerprint density at radius 1 is 1.13 bits per heavy atom. The van der Waals surface area contributed by atoms with E-state index in [1.54, 1.807) is 6.33 Å². The van der Waals surface area contributed by atoms with Crippen molar-refractivity contribution >= 4 is 16.9 Å². The molecule has 6 heteroatoms. The van der Waals surface area contributed by atoms with Crippen LogP contribution in [0.3, 0.4) is 0 Å². The van der Waals surface area contributed by atoms with E-state index in [0.29, 0.717) is 6.04 Å². The molecular formula is C17H26N6. The van der Waals surface area contributed by atoms with Crippen molar-refractivity contribution in [2.45, 2.75) is 19.9 Å². The number of aromatic nitrogens is 3. The molecule has 0 atom stereocenters. The van der Waals surface area contributed by atoms with Crippen LogP contribution in [0.15, 0.2) is 12.4 Å². The Hall–Kier alpha value is -1.66. The molecule has 23 heavy (non-hydrogen) atoms. The van der Waals surface area contributed by atoms with Gasteiger partial charge in [0.2, 0.25) is 0 Å². The lowest BCUT2D eigenvalue weighted by atomic mass is 10.1. The van der Waals surface area contributed by atoms with Gasteiger partial charge < -0.3 is 14.4 Å². The van der Waals surface area contributed by atoms with Crippen LogP contribution in [0.2, 0.25) is 0 Å². The van der Waals surface area contributed by atoms with Gasteiger partial charge in [0.25, 0.3) is 0 Å². The van der Waals surface area contributed by atoms with Crippen LogP contribution in [-0.2, 0) is 7.05 Å². The number of anilines is 1. The molecule has 124 valence electrons. The first kappa shape index (κ1) is 14.9. The largest absolute Gasteiger partial charge is 0.351 e. The Morgan fingerprint density at radius 3 is 2.57 bits per heavy atom. The maximum atomic E-state index is 4.58. The lowest BCUT2D eigenvalue weighted by molar-refractivity contribution is 0.0860. The fraction of sp³-hybridized carbons (Fsp3) is 0.647.